The van der Waals surface area contributed by atoms with Gasteiger partial charge < -0.3 is 25.3 Å². The molecule has 7 heteroatoms. The highest BCUT2D eigenvalue weighted by Crippen LogP contribution is 2.31. The number of benzene rings is 3. The number of carbonyl (C=O) groups excluding carboxylic acids is 2. The normalized spacial score (nSPS) is 10.1. The molecule has 3 N–H and O–H groups in total. The number of anilines is 1. The highest BCUT2D eigenvalue weighted by Gasteiger charge is 2.13. The van der Waals surface area contributed by atoms with Crippen LogP contribution in [0.1, 0.15) is 10.4 Å². The fraction of sp³-hybridized carbons (Fsp3) is 0.0909. The van der Waals surface area contributed by atoms with Crippen LogP contribution in [-0.4, -0.2) is 25.5 Å². The molecule has 3 rings (SSSR count). The monoisotopic (exact) mass is 392 g/mol. The summed E-state index contributed by atoms with van der Waals surface area (Å²) in [5.41, 5.74) is 5.96. The Labute approximate surface area is 168 Å². The summed E-state index contributed by atoms with van der Waals surface area (Å²) in [7, 11) is 1.58. The Balaban J connectivity index is 1.68. The summed E-state index contributed by atoms with van der Waals surface area (Å²) in [6, 6.07) is 20.8. The maximum Gasteiger partial charge on any atom is 0.259 e. The Morgan fingerprint density at radius 2 is 1.48 bits per heavy atom. The van der Waals surface area contributed by atoms with Crippen LogP contribution in [0.4, 0.5) is 5.69 Å². The summed E-state index contributed by atoms with van der Waals surface area (Å²) in [5.74, 6) is 1.09. The number of hydrogen-bond acceptors (Lipinski definition) is 5. The predicted octanol–water partition coefficient (Wildman–Crippen LogP) is 3.60. The first kappa shape index (κ1) is 19.8. The lowest BCUT2D eigenvalue weighted by Crippen LogP contribution is -2.21. The van der Waals surface area contributed by atoms with Gasteiger partial charge in [0.25, 0.3) is 11.8 Å². The molecule has 0 aliphatic carbocycles. The van der Waals surface area contributed by atoms with E-state index in [2.05, 4.69) is 5.32 Å². The first-order valence-electron chi connectivity index (χ1n) is 8.79. The number of amides is 2. The van der Waals surface area contributed by atoms with E-state index in [0.29, 0.717) is 28.5 Å². The van der Waals surface area contributed by atoms with Crippen LogP contribution in [0.2, 0.25) is 0 Å². The fourth-order valence-electron chi connectivity index (χ4n) is 2.56. The van der Waals surface area contributed by atoms with Crippen molar-refractivity contribution < 1.29 is 23.8 Å². The minimum atomic E-state index is -0.620. The second-order valence-electron chi connectivity index (χ2n) is 5.98. The minimum absolute atomic E-state index is 0.278. The van der Waals surface area contributed by atoms with E-state index in [0.717, 1.165) is 0 Å². The Morgan fingerprint density at radius 1 is 0.862 bits per heavy atom. The molecule has 148 valence electrons. The van der Waals surface area contributed by atoms with E-state index in [9.17, 15) is 9.59 Å². The van der Waals surface area contributed by atoms with Gasteiger partial charge in [-0.3, -0.25) is 9.59 Å². The van der Waals surface area contributed by atoms with E-state index < -0.39 is 5.91 Å². The third kappa shape index (κ3) is 5.26. The topological polar surface area (TPSA) is 99.9 Å². The van der Waals surface area contributed by atoms with E-state index >= 15 is 0 Å². The largest absolute Gasteiger partial charge is 0.493 e. The SMILES string of the molecule is COc1ccccc1Oc1ccc(NC(=O)c2ccccc2OCC(N)=O)cc1. The number of nitrogens with one attached hydrogen (secondary N) is 1. The lowest BCUT2D eigenvalue weighted by molar-refractivity contribution is -0.119. The summed E-state index contributed by atoms with van der Waals surface area (Å²) in [6.45, 7) is -0.306. The smallest absolute Gasteiger partial charge is 0.259 e. The van der Waals surface area contributed by atoms with Crippen molar-refractivity contribution in [2.75, 3.05) is 19.0 Å². The van der Waals surface area contributed by atoms with Gasteiger partial charge in [0, 0.05) is 5.69 Å². The number of carbonyl (C=O) groups is 2. The van der Waals surface area contributed by atoms with Crippen molar-refractivity contribution in [3.05, 3.63) is 78.4 Å². The quantitative estimate of drug-likeness (QED) is 0.610. The molecule has 7 nitrogen and oxygen atoms in total. The molecular weight excluding hydrogens is 372 g/mol. The molecule has 0 unspecified atom stereocenters. The Bertz CT molecular complexity index is 1000. The molecule has 0 saturated heterocycles. The van der Waals surface area contributed by atoms with Crippen LogP contribution < -0.4 is 25.3 Å². The van der Waals surface area contributed by atoms with Crippen molar-refractivity contribution in [3.63, 3.8) is 0 Å². The number of ether oxygens (including phenoxy) is 3. The predicted molar refractivity (Wildman–Crippen MR) is 109 cm³/mol. The van der Waals surface area contributed by atoms with Crippen LogP contribution in [0.5, 0.6) is 23.0 Å². The molecule has 0 spiro atoms. The van der Waals surface area contributed by atoms with Gasteiger partial charge in [0.2, 0.25) is 0 Å². The molecule has 0 saturated carbocycles. The first-order valence-corrected chi connectivity index (χ1v) is 8.79. The van der Waals surface area contributed by atoms with E-state index in [1.54, 1.807) is 61.7 Å². The van der Waals surface area contributed by atoms with Crippen molar-refractivity contribution in [2.45, 2.75) is 0 Å². The van der Waals surface area contributed by atoms with Crippen molar-refractivity contribution >= 4 is 17.5 Å². The highest BCUT2D eigenvalue weighted by atomic mass is 16.5. The summed E-state index contributed by atoms with van der Waals surface area (Å²) in [4.78, 5) is 23.5. The molecule has 3 aromatic rings. The fourth-order valence-corrected chi connectivity index (χ4v) is 2.56. The lowest BCUT2D eigenvalue weighted by atomic mass is 10.2. The molecule has 29 heavy (non-hydrogen) atoms. The lowest BCUT2D eigenvalue weighted by Gasteiger charge is -2.12. The molecule has 0 fully saturated rings. The van der Waals surface area contributed by atoms with E-state index in [1.165, 1.54) is 0 Å². The zero-order chi connectivity index (χ0) is 20.6. The zero-order valence-corrected chi connectivity index (χ0v) is 15.8. The van der Waals surface area contributed by atoms with Crippen molar-refractivity contribution in [1.29, 1.82) is 0 Å². The van der Waals surface area contributed by atoms with Gasteiger partial charge in [-0.15, -0.1) is 0 Å². The number of hydrogen-bond donors (Lipinski definition) is 2. The summed E-state index contributed by atoms with van der Waals surface area (Å²) in [5, 5.41) is 2.78. The molecule has 0 radical (unpaired) electrons. The molecule has 2 amide bonds. The van der Waals surface area contributed by atoms with Crippen molar-refractivity contribution in [3.8, 4) is 23.0 Å². The van der Waals surface area contributed by atoms with Gasteiger partial charge in [0.05, 0.1) is 12.7 Å². The zero-order valence-electron chi connectivity index (χ0n) is 15.8. The second-order valence-corrected chi connectivity index (χ2v) is 5.98. The molecule has 0 aromatic heterocycles. The standard InChI is InChI=1S/C22H20N2O5/c1-27-19-8-4-5-9-20(19)29-16-12-10-15(11-13-16)24-22(26)17-6-2-3-7-18(17)28-14-21(23)25/h2-13H,14H2,1H3,(H2,23,25)(H,24,26). The number of rotatable bonds is 8. The van der Waals surface area contributed by atoms with E-state index in [1.807, 2.05) is 18.2 Å². The molecule has 0 aliphatic heterocycles. The van der Waals surface area contributed by atoms with Crippen molar-refractivity contribution in [1.82, 2.24) is 0 Å². The van der Waals surface area contributed by atoms with Crippen LogP contribution in [0.15, 0.2) is 72.8 Å². The maximum absolute atomic E-state index is 12.6. The van der Waals surface area contributed by atoms with E-state index in [-0.39, 0.29) is 18.3 Å². The van der Waals surface area contributed by atoms with Gasteiger partial charge in [-0.05, 0) is 48.5 Å². The second kappa shape index (κ2) is 9.27. The maximum atomic E-state index is 12.6. The number of primary amides is 1. The number of nitrogens with two attached hydrogens (primary N) is 1. The average Bonchev–Trinajstić information content (AvgIpc) is 2.74. The minimum Gasteiger partial charge on any atom is -0.493 e. The van der Waals surface area contributed by atoms with Gasteiger partial charge >= 0.3 is 0 Å². The summed E-state index contributed by atoms with van der Waals surface area (Å²) in [6.07, 6.45) is 0. The number of para-hydroxylation sites is 3. The van der Waals surface area contributed by atoms with E-state index in [4.69, 9.17) is 19.9 Å². The van der Waals surface area contributed by atoms with Gasteiger partial charge in [-0.25, -0.2) is 0 Å². The Hall–Kier alpha value is -4.00. The molecule has 0 aliphatic rings. The molecule has 3 aromatic carbocycles. The Kier molecular flexibility index (Phi) is 6.32. The van der Waals surface area contributed by atoms with Gasteiger partial charge in [-0.1, -0.05) is 24.3 Å². The average molecular weight is 392 g/mol. The molecule has 0 bridgehead atoms. The van der Waals surface area contributed by atoms with Crippen molar-refractivity contribution in [2.24, 2.45) is 5.73 Å². The van der Waals surface area contributed by atoms with Gasteiger partial charge in [-0.2, -0.15) is 0 Å². The highest BCUT2D eigenvalue weighted by molar-refractivity contribution is 6.06. The van der Waals surface area contributed by atoms with Gasteiger partial charge in [0.15, 0.2) is 18.1 Å². The van der Waals surface area contributed by atoms with Crippen LogP contribution >= 0.6 is 0 Å². The summed E-state index contributed by atoms with van der Waals surface area (Å²) < 4.78 is 16.4. The number of methoxy groups -OCH3 is 1. The van der Waals surface area contributed by atoms with Crippen LogP contribution in [0.3, 0.4) is 0 Å². The summed E-state index contributed by atoms with van der Waals surface area (Å²) >= 11 is 0. The van der Waals surface area contributed by atoms with Crippen LogP contribution in [0.25, 0.3) is 0 Å². The van der Waals surface area contributed by atoms with Gasteiger partial charge in [0.1, 0.15) is 11.5 Å². The first-order chi connectivity index (χ1) is 14.1. The third-order valence-corrected chi connectivity index (χ3v) is 3.91. The Morgan fingerprint density at radius 3 is 2.14 bits per heavy atom. The molecule has 0 heterocycles. The van der Waals surface area contributed by atoms with Crippen LogP contribution in [0, 0.1) is 0 Å². The third-order valence-electron chi connectivity index (χ3n) is 3.91. The molecular formula is C22H20N2O5. The van der Waals surface area contributed by atoms with Crippen LogP contribution in [-0.2, 0) is 4.79 Å². The molecule has 0 atom stereocenters.